The third-order valence-corrected chi connectivity index (χ3v) is 2.17. The van der Waals surface area contributed by atoms with E-state index in [1.807, 2.05) is 14.1 Å². The summed E-state index contributed by atoms with van der Waals surface area (Å²) in [6.45, 7) is 2.29. The highest BCUT2D eigenvalue weighted by atomic mass is 35.5. The molecule has 0 amide bonds. The summed E-state index contributed by atoms with van der Waals surface area (Å²) in [5.41, 5.74) is 0. The molecule has 2 N–H and O–H groups in total. The third kappa shape index (κ3) is 12.5. The molecule has 0 spiro atoms. The summed E-state index contributed by atoms with van der Waals surface area (Å²) >= 11 is 0. The van der Waals surface area contributed by atoms with E-state index in [4.69, 9.17) is 5.11 Å². The molecule has 0 radical (unpaired) electrons. The summed E-state index contributed by atoms with van der Waals surface area (Å²) in [5, 5.41) is 18.7. The predicted molar refractivity (Wildman–Crippen MR) is 57.8 cm³/mol. The van der Waals surface area contributed by atoms with Gasteiger partial charge < -0.3 is 44.0 Å². The first kappa shape index (κ1) is 21.7. The van der Waals surface area contributed by atoms with Crippen LogP contribution in [0.25, 0.3) is 0 Å². The van der Waals surface area contributed by atoms with E-state index in [0.29, 0.717) is 17.6 Å². The molecule has 0 aromatic rings. The zero-order chi connectivity index (χ0) is 11.4. The van der Waals surface area contributed by atoms with Gasteiger partial charge in [-0.15, -0.1) is 0 Å². The number of aliphatic hydroxyl groups is 2. The van der Waals surface area contributed by atoms with E-state index in [0.717, 1.165) is 11.0 Å². The second-order valence-electron chi connectivity index (χ2n) is 5.69. The maximum Gasteiger partial charge on any atom is 0.152 e. The average molecular weight is 277 g/mol. The zero-order valence-electron chi connectivity index (χ0n) is 11.0. The first-order valence-corrected chi connectivity index (χ1v) is 5.08. The van der Waals surface area contributed by atoms with Crippen LogP contribution in [0.5, 0.6) is 0 Å². The van der Waals surface area contributed by atoms with Gasteiger partial charge >= 0.3 is 0 Å². The maximum atomic E-state index is 9.83. The number of rotatable bonds is 6. The minimum atomic E-state index is -0.309. The fraction of sp³-hybridized carbons (Fsp3) is 1.00. The predicted octanol–water partition coefficient (Wildman–Crippen LogP) is -6.87. The maximum absolute atomic E-state index is 9.83. The molecule has 102 valence electrons. The van der Waals surface area contributed by atoms with E-state index in [9.17, 15) is 5.11 Å². The Hall–Kier alpha value is 0.420. The lowest BCUT2D eigenvalue weighted by Gasteiger charge is -2.33. The third-order valence-electron chi connectivity index (χ3n) is 2.17. The van der Waals surface area contributed by atoms with Crippen LogP contribution in [0.1, 0.15) is 0 Å². The molecule has 0 rings (SSSR count). The van der Waals surface area contributed by atoms with E-state index in [-0.39, 0.29) is 37.5 Å². The highest BCUT2D eigenvalue weighted by Crippen LogP contribution is 2.02. The van der Waals surface area contributed by atoms with Crippen molar-refractivity contribution in [1.29, 1.82) is 0 Å². The summed E-state index contributed by atoms with van der Waals surface area (Å²) in [6.07, 6.45) is -0.309. The van der Waals surface area contributed by atoms with Crippen molar-refractivity contribution in [2.75, 3.05) is 61.5 Å². The lowest BCUT2D eigenvalue weighted by atomic mass is 10.2. The fourth-order valence-electron chi connectivity index (χ4n) is 1.62. The summed E-state index contributed by atoms with van der Waals surface area (Å²) in [5.74, 6) is 0. The molecule has 0 saturated heterocycles. The average Bonchev–Trinajstić information content (AvgIpc) is 1.78. The standard InChI is InChI=1S/C10H26N2O2.2ClH/c1-11(2,3)8-10(14)9-12(4,5)6-7-13;;/h10,13-14H,6-9H2,1-5H3;2*1H/q+2;;/p-2. The number of hydrogen-bond donors (Lipinski definition) is 2. The molecule has 1 unspecified atom stereocenters. The van der Waals surface area contributed by atoms with Crippen molar-refractivity contribution >= 4 is 0 Å². The topological polar surface area (TPSA) is 40.5 Å². The Morgan fingerprint density at radius 2 is 1.38 bits per heavy atom. The number of hydrogen-bond acceptors (Lipinski definition) is 2. The van der Waals surface area contributed by atoms with Crippen LogP contribution in [0.15, 0.2) is 0 Å². The molecule has 4 nitrogen and oxygen atoms in total. The molecule has 0 aliphatic carbocycles. The van der Waals surface area contributed by atoms with Crippen molar-refractivity contribution in [2.45, 2.75) is 6.10 Å². The van der Waals surface area contributed by atoms with E-state index in [2.05, 4.69) is 21.1 Å². The second kappa shape index (κ2) is 8.50. The minimum Gasteiger partial charge on any atom is -1.00 e. The Kier molecular flexibility index (Phi) is 11.5. The highest BCUT2D eigenvalue weighted by molar-refractivity contribution is 4.51. The van der Waals surface area contributed by atoms with Crippen molar-refractivity contribution in [1.82, 2.24) is 0 Å². The molecule has 6 heteroatoms. The molecule has 0 fully saturated rings. The SMILES string of the molecule is C[N+](C)(C)CC(O)C[N+](C)(C)CCO.[Cl-].[Cl-]. The summed E-state index contributed by atoms with van der Waals surface area (Å²) in [6, 6.07) is 0. The largest absolute Gasteiger partial charge is 1.00 e. The molecule has 1 atom stereocenters. The zero-order valence-corrected chi connectivity index (χ0v) is 12.5. The highest BCUT2D eigenvalue weighted by Gasteiger charge is 2.24. The van der Waals surface area contributed by atoms with Crippen LogP contribution in [0.4, 0.5) is 0 Å². The van der Waals surface area contributed by atoms with Gasteiger partial charge in [0, 0.05) is 0 Å². The molecule has 0 aromatic carbocycles. The van der Waals surface area contributed by atoms with Crippen LogP contribution in [0.3, 0.4) is 0 Å². The van der Waals surface area contributed by atoms with Gasteiger partial charge in [0.25, 0.3) is 0 Å². The minimum absolute atomic E-state index is 0. The van der Waals surface area contributed by atoms with Gasteiger partial charge in [0.15, 0.2) is 6.10 Å². The van der Waals surface area contributed by atoms with Crippen molar-refractivity contribution in [2.24, 2.45) is 0 Å². The van der Waals surface area contributed by atoms with Crippen molar-refractivity contribution in [3.63, 3.8) is 0 Å². The van der Waals surface area contributed by atoms with Gasteiger partial charge in [0.2, 0.25) is 0 Å². The Morgan fingerprint density at radius 3 is 1.69 bits per heavy atom. The van der Waals surface area contributed by atoms with Gasteiger partial charge in [-0.3, -0.25) is 0 Å². The monoisotopic (exact) mass is 276 g/mol. The Labute approximate surface area is 112 Å². The fourth-order valence-corrected chi connectivity index (χ4v) is 1.62. The smallest absolute Gasteiger partial charge is 0.152 e. The second-order valence-corrected chi connectivity index (χ2v) is 5.69. The Balaban J connectivity index is -0.000000845. The van der Waals surface area contributed by atoms with E-state index in [1.165, 1.54) is 0 Å². The molecule has 0 aromatic heterocycles. The van der Waals surface area contributed by atoms with Gasteiger partial charge in [0.1, 0.15) is 19.6 Å². The Bertz CT molecular complexity index is 173. The van der Waals surface area contributed by atoms with Crippen LogP contribution in [0, 0.1) is 0 Å². The summed E-state index contributed by atoms with van der Waals surface area (Å²) in [7, 11) is 10.2. The lowest BCUT2D eigenvalue weighted by Crippen LogP contribution is -3.00. The van der Waals surface area contributed by atoms with E-state index < -0.39 is 0 Å². The van der Waals surface area contributed by atoms with Crippen LogP contribution in [0.2, 0.25) is 0 Å². The Morgan fingerprint density at radius 1 is 0.938 bits per heavy atom. The molecular weight excluding hydrogens is 251 g/mol. The van der Waals surface area contributed by atoms with Crippen molar-refractivity contribution in [3.8, 4) is 0 Å². The molecule has 0 aliphatic heterocycles. The van der Waals surface area contributed by atoms with Crippen LogP contribution < -0.4 is 24.8 Å². The van der Waals surface area contributed by atoms with Gasteiger partial charge in [-0.25, -0.2) is 0 Å². The van der Waals surface area contributed by atoms with Crippen LogP contribution in [-0.2, 0) is 0 Å². The van der Waals surface area contributed by atoms with Crippen molar-refractivity contribution in [3.05, 3.63) is 0 Å². The molecule has 0 bridgehead atoms. The molecule has 0 aliphatic rings. The summed E-state index contributed by atoms with van der Waals surface area (Å²) in [4.78, 5) is 0. The first-order valence-electron chi connectivity index (χ1n) is 5.08. The van der Waals surface area contributed by atoms with E-state index >= 15 is 0 Å². The molecule has 0 heterocycles. The number of aliphatic hydroxyl groups excluding tert-OH is 2. The van der Waals surface area contributed by atoms with Gasteiger partial charge in [-0.1, -0.05) is 0 Å². The number of halogens is 2. The van der Waals surface area contributed by atoms with Gasteiger partial charge in [-0.05, 0) is 0 Å². The van der Waals surface area contributed by atoms with E-state index in [1.54, 1.807) is 0 Å². The first-order chi connectivity index (χ1) is 6.16. The quantitative estimate of drug-likeness (QED) is 0.474. The number of quaternary nitrogens is 2. The number of nitrogens with zero attached hydrogens (tertiary/aromatic N) is 2. The molecule has 0 saturated carbocycles. The normalized spacial score (nSPS) is 13.7. The molecule has 16 heavy (non-hydrogen) atoms. The van der Waals surface area contributed by atoms with Crippen LogP contribution in [-0.4, -0.2) is 86.8 Å². The van der Waals surface area contributed by atoms with Crippen LogP contribution >= 0.6 is 0 Å². The molecular formula is C10H26Cl2N2O2. The van der Waals surface area contributed by atoms with Gasteiger partial charge in [0.05, 0.1) is 41.8 Å². The summed E-state index contributed by atoms with van der Waals surface area (Å²) < 4.78 is 1.43. The van der Waals surface area contributed by atoms with Gasteiger partial charge in [-0.2, -0.15) is 0 Å². The number of likely N-dealkylation sites (N-methyl/N-ethyl adjacent to an activating group) is 2. The van der Waals surface area contributed by atoms with Crippen molar-refractivity contribution < 1.29 is 44.0 Å². The lowest BCUT2D eigenvalue weighted by molar-refractivity contribution is -0.907.